The van der Waals surface area contributed by atoms with Crippen molar-refractivity contribution < 1.29 is 23.7 Å². The Morgan fingerprint density at radius 2 is 1.71 bits per heavy atom. The average molecular weight is 582 g/mol. The van der Waals surface area contributed by atoms with Crippen LogP contribution in [0.5, 0.6) is 23.0 Å². The molecule has 0 fully saturated rings. The SMILES string of the molecule is CCOc1cc(/C=N\NC(=O)c2cc(OC)cc(OC)c2)cc(Br)c1OCc1ccc(Cl)c(Cl)c1. The molecule has 0 heterocycles. The van der Waals surface area contributed by atoms with Crippen LogP contribution >= 0.6 is 39.1 Å². The van der Waals surface area contributed by atoms with Gasteiger partial charge in [0.25, 0.3) is 5.91 Å². The lowest BCUT2D eigenvalue weighted by molar-refractivity contribution is 0.0954. The molecular formula is C25H23BrCl2N2O5. The summed E-state index contributed by atoms with van der Waals surface area (Å²) < 4.78 is 22.8. The molecule has 35 heavy (non-hydrogen) atoms. The second-order valence-electron chi connectivity index (χ2n) is 7.10. The molecule has 3 rings (SSSR count). The van der Waals surface area contributed by atoms with Crippen molar-refractivity contribution in [3.8, 4) is 23.0 Å². The maximum atomic E-state index is 12.5. The van der Waals surface area contributed by atoms with Crippen molar-refractivity contribution >= 4 is 51.3 Å². The Bertz CT molecular complexity index is 1210. The van der Waals surface area contributed by atoms with Crippen LogP contribution < -0.4 is 24.4 Å². The summed E-state index contributed by atoms with van der Waals surface area (Å²) in [6.07, 6.45) is 1.51. The zero-order valence-electron chi connectivity index (χ0n) is 19.2. The number of nitrogens with zero attached hydrogens (tertiary/aromatic N) is 1. The fourth-order valence-electron chi connectivity index (χ4n) is 3.02. The first-order chi connectivity index (χ1) is 16.8. The minimum atomic E-state index is -0.413. The maximum Gasteiger partial charge on any atom is 0.271 e. The topological polar surface area (TPSA) is 78.4 Å². The van der Waals surface area contributed by atoms with Gasteiger partial charge in [-0.3, -0.25) is 4.79 Å². The monoisotopic (exact) mass is 580 g/mol. The minimum absolute atomic E-state index is 0.267. The molecule has 0 unspecified atom stereocenters. The summed E-state index contributed by atoms with van der Waals surface area (Å²) in [5.74, 6) is 1.64. The highest BCUT2D eigenvalue weighted by Gasteiger charge is 2.13. The fourth-order valence-corrected chi connectivity index (χ4v) is 3.91. The predicted octanol–water partition coefficient (Wildman–Crippen LogP) is 6.51. The van der Waals surface area contributed by atoms with Gasteiger partial charge in [-0.25, -0.2) is 5.43 Å². The summed E-state index contributed by atoms with van der Waals surface area (Å²) in [5, 5.41) is 5.00. The van der Waals surface area contributed by atoms with Crippen LogP contribution in [0.3, 0.4) is 0 Å². The number of benzene rings is 3. The molecule has 0 aliphatic rings. The molecule has 10 heteroatoms. The van der Waals surface area contributed by atoms with Gasteiger partial charge >= 0.3 is 0 Å². The zero-order chi connectivity index (χ0) is 25.4. The molecule has 1 amide bonds. The Morgan fingerprint density at radius 1 is 1.00 bits per heavy atom. The van der Waals surface area contributed by atoms with Gasteiger partial charge in [-0.1, -0.05) is 29.3 Å². The van der Waals surface area contributed by atoms with E-state index in [0.29, 0.717) is 55.2 Å². The molecule has 0 aliphatic heterocycles. The molecule has 3 aromatic carbocycles. The van der Waals surface area contributed by atoms with E-state index in [-0.39, 0.29) is 6.61 Å². The smallest absolute Gasteiger partial charge is 0.271 e. The summed E-state index contributed by atoms with van der Waals surface area (Å²) in [4.78, 5) is 12.5. The summed E-state index contributed by atoms with van der Waals surface area (Å²) in [6, 6.07) is 13.7. The standard InChI is InChI=1S/C25H23BrCl2N2O5/c1-4-34-23-9-16(7-20(26)24(23)35-14-15-5-6-21(27)22(28)8-15)13-29-30-25(31)17-10-18(32-2)12-19(11-17)33-3/h5-13H,4,14H2,1-3H3,(H,30,31)/b29-13-. The second kappa shape index (κ2) is 12.7. The minimum Gasteiger partial charge on any atom is -0.497 e. The Hall–Kier alpha value is -2.94. The number of carbonyl (C=O) groups excluding carboxylic acids is 1. The molecular weight excluding hydrogens is 559 g/mol. The van der Waals surface area contributed by atoms with Gasteiger partial charge in [-0.05, 0) is 70.4 Å². The molecule has 0 aliphatic carbocycles. The quantitative estimate of drug-likeness (QED) is 0.218. The van der Waals surface area contributed by atoms with Crippen LogP contribution in [0.25, 0.3) is 0 Å². The van der Waals surface area contributed by atoms with Gasteiger partial charge in [-0.2, -0.15) is 5.10 Å². The molecule has 1 N–H and O–H groups in total. The van der Waals surface area contributed by atoms with Crippen LogP contribution in [0.15, 0.2) is 58.1 Å². The predicted molar refractivity (Wildman–Crippen MR) is 141 cm³/mol. The third-order valence-electron chi connectivity index (χ3n) is 4.69. The zero-order valence-corrected chi connectivity index (χ0v) is 22.3. The van der Waals surface area contributed by atoms with Crippen LogP contribution in [0.1, 0.15) is 28.4 Å². The molecule has 0 saturated heterocycles. The van der Waals surface area contributed by atoms with Crippen molar-refractivity contribution in [3.63, 3.8) is 0 Å². The van der Waals surface area contributed by atoms with Crippen LogP contribution in [-0.2, 0) is 6.61 Å². The van der Waals surface area contributed by atoms with E-state index in [1.807, 2.05) is 13.0 Å². The average Bonchev–Trinajstić information content (AvgIpc) is 2.85. The van der Waals surface area contributed by atoms with Crippen LogP contribution in [0.2, 0.25) is 10.0 Å². The number of hydrogen-bond acceptors (Lipinski definition) is 6. The van der Waals surface area contributed by atoms with Gasteiger partial charge in [0.1, 0.15) is 18.1 Å². The van der Waals surface area contributed by atoms with E-state index in [1.165, 1.54) is 20.4 Å². The van der Waals surface area contributed by atoms with Gasteiger partial charge in [0.15, 0.2) is 11.5 Å². The molecule has 7 nitrogen and oxygen atoms in total. The van der Waals surface area contributed by atoms with E-state index < -0.39 is 5.91 Å². The highest BCUT2D eigenvalue weighted by Crippen LogP contribution is 2.37. The molecule has 0 bridgehead atoms. The lowest BCUT2D eigenvalue weighted by Gasteiger charge is -2.15. The molecule has 0 atom stereocenters. The van der Waals surface area contributed by atoms with Gasteiger partial charge in [0, 0.05) is 11.6 Å². The summed E-state index contributed by atoms with van der Waals surface area (Å²) in [5.41, 5.74) is 4.39. The largest absolute Gasteiger partial charge is 0.497 e. The maximum absolute atomic E-state index is 12.5. The Morgan fingerprint density at radius 3 is 2.34 bits per heavy atom. The highest BCUT2D eigenvalue weighted by atomic mass is 79.9. The molecule has 0 spiro atoms. The number of rotatable bonds is 10. The summed E-state index contributed by atoms with van der Waals surface area (Å²) >= 11 is 15.6. The third-order valence-corrected chi connectivity index (χ3v) is 6.02. The van der Waals surface area contributed by atoms with E-state index in [1.54, 1.807) is 42.5 Å². The van der Waals surface area contributed by atoms with Crippen molar-refractivity contribution in [1.29, 1.82) is 0 Å². The van der Waals surface area contributed by atoms with E-state index in [4.69, 9.17) is 42.1 Å². The second-order valence-corrected chi connectivity index (χ2v) is 8.77. The number of nitrogens with one attached hydrogen (secondary N) is 1. The summed E-state index contributed by atoms with van der Waals surface area (Å²) in [7, 11) is 3.03. The number of hydrogen-bond donors (Lipinski definition) is 1. The van der Waals surface area contributed by atoms with Gasteiger partial charge in [0.2, 0.25) is 0 Å². The Balaban J connectivity index is 1.74. The van der Waals surface area contributed by atoms with Crippen molar-refractivity contribution in [1.82, 2.24) is 5.43 Å². The van der Waals surface area contributed by atoms with Crippen molar-refractivity contribution in [3.05, 3.63) is 79.7 Å². The molecule has 184 valence electrons. The van der Waals surface area contributed by atoms with Gasteiger partial charge < -0.3 is 18.9 Å². The van der Waals surface area contributed by atoms with Gasteiger partial charge in [0.05, 0.1) is 41.6 Å². The van der Waals surface area contributed by atoms with Crippen LogP contribution in [0, 0.1) is 0 Å². The van der Waals surface area contributed by atoms with E-state index in [2.05, 4.69) is 26.5 Å². The molecule has 0 radical (unpaired) electrons. The van der Waals surface area contributed by atoms with Crippen molar-refractivity contribution in [2.45, 2.75) is 13.5 Å². The number of carbonyl (C=O) groups is 1. The first-order valence-corrected chi connectivity index (χ1v) is 12.0. The third kappa shape index (κ3) is 7.27. The number of ether oxygens (including phenoxy) is 4. The van der Waals surface area contributed by atoms with E-state index in [9.17, 15) is 4.79 Å². The number of halogens is 3. The van der Waals surface area contributed by atoms with Crippen LogP contribution in [0.4, 0.5) is 0 Å². The lowest BCUT2D eigenvalue weighted by Crippen LogP contribution is -2.17. The first kappa shape index (κ1) is 26.7. The lowest BCUT2D eigenvalue weighted by atomic mass is 10.2. The van der Waals surface area contributed by atoms with E-state index in [0.717, 1.165) is 5.56 Å². The number of methoxy groups -OCH3 is 2. The highest BCUT2D eigenvalue weighted by molar-refractivity contribution is 9.10. The fraction of sp³-hybridized carbons (Fsp3) is 0.200. The summed E-state index contributed by atoms with van der Waals surface area (Å²) in [6.45, 7) is 2.58. The molecule has 3 aromatic rings. The van der Waals surface area contributed by atoms with Gasteiger partial charge in [-0.15, -0.1) is 0 Å². The van der Waals surface area contributed by atoms with Crippen molar-refractivity contribution in [2.24, 2.45) is 5.10 Å². The molecule has 0 aromatic heterocycles. The number of amides is 1. The van der Waals surface area contributed by atoms with Crippen molar-refractivity contribution in [2.75, 3.05) is 20.8 Å². The Kier molecular flexibility index (Phi) is 9.65. The Labute approximate surface area is 222 Å². The normalized spacial score (nSPS) is 10.8. The number of hydrazone groups is 1. The first-order valence-electron chi connectivity index (χ1n) is 10.4. The van der Waals surface area contributed by atoms with E-state index >= 15 is 0 Å². The van der Waals surface area contributed by atoms with Crippen LogP contribution in [-0.4, -0.2) is 32.9 Å². The molecule has 0 saturated carbocycles.